The van der Waals surface area contributed by atoms with Crippen molar-refractivity contribution in [3.05, 3.63) is 54.1 Å². The van der Waals surface area contributed by atoms with Crippen LogP contribution < -0.4 is 5.32 Å². The van der Waals surface area contributed by atoms with Gasteiger partial charge in [-0.1, -0.05) is 44.2 Å². The fraction of sp³-hybridized carbons (Fsp3) is 0.263. The molecule has 0 aliphatic carbocycles. The zero-order valence-corrected chi connectivity index (χ0v) is 15.8. The van der Waals surface area contributed by atoms with Crippen LogP contribution in [0.5, 0.6) is 0 Å². The van der Waals surface area contributed by atoms with Crippen molar-refractivity contribution in [1.29, 1.82) is 0 Å². The van der Waals surface area contributed by atoms with E-state index in [1.807, 2.05) is 42.7 Å². The van der Waals surface area contributed by atoms with Crippen LogP contribution in [0.3, 0.4) is 0 Å². The van der Waals surface area contributed by atoms with Gasteiger partial charge in [-0.25, -0.2) is 0 Å². The molecular formula is C19H21N5OS. The van der Waals surface area contributed by atoms with Crippen molar-refractivity contribution in [3.63, 3.8) is 0 Å². The summed E-state index contributed by atoms with van der Waals surface area (Å²) in [7, 11) is 0. The van der Waals surface area contributed by atoms with Crippen LogP contribution in [-0.4, -0.2) is 32.4 Å². The maximum atomic E-state index is 12.2. The highest BCUT2D eigenvalue weighted by atomic mass is 32.2. The van der Waals surface area contributed by atoms with E-state index in [1.54, 1.807) is 11.8 Å². The number of carbonyl (C=O) groups is 1. The summed E-state index contributed by atoms with van der Waals surface area (Å²) in [6, 6.07) is 15.8. The van der Waals surface area contributed by atoms with Gasteiger partial charge in [0.25, 0.3) is 0 Å². The Labute approximate surface area is 157 Å². The predicted molar refractivity (Wildman–Crippen MR) is 104 cm³/mol. The van der Waals surface area contributed by atoms with Crippen LogP contribution in [0.25, 0.3) is 11.4 Å². The van der Waals surface area contributed by atoms with Crippen LogP contribution in [-0.2, 0) is 11.3 Å². The first-order chi connectivity index (χ1) is 12.5. The van der Waals surface area contributed by atoms with Gasteiger partial charge in [0.05, 0.1) is 0 Å². The molecule has 134 valence electrons. The first kappa shape index (κ1) is 18.1. The molecule has 1 amide bonds. The second kappa shape index (κ2) is 8.14. The van der Waals surface area contributed by atoms with Crippen molar-refractivity contribution < 1.29 is 4.79 Å². The van der Waals surface area contributed by atoms with Crippen molar-refractivity contribution >= 4 is 23.4 Å². The number of hydrogen-bond donors (Lipinski definition) is 1. The Hall–Kier alpha value is -2.67. The van der Waals surface area contributed by atoms with Crippen LogP contribution in [0.1, 0.15) is 25.3 Å². The summed E-state index contributed by atoms with van der Waals surface area (Å²) in [4.78, 5) is 14.6. The van der Waals surface area contributed by atoms with Crippen LogP contribution in [0.15, 0.2) is 53.4 Å². The normalized spacial score (nSPS) is 10.9. The van der Waals surface area contributed by atoms with Crippen molar-refractivity contribution in [2.24, 2.45) is 0 Å². The van der Waals surface area contributed by atoms with E-state index in [1.165, 1.54) is 10.4 Å². The average molecular weight is 367 g/mol. The Morgan fingerprint density at radius 2 is 1.96 bits per heavy atom. The minimum Gasteiger partial charge on any atom is -0.324 e. The number of nitrogens with zero attached hydrogens (tertiary/aromatic N) is 4. The lowest BCUT2D eigenvalue weighted by Crippen LogP contribution is -2.20. The van der Waals surface area contributed by atoms with Gasteiger partial charge in [-0.2, -0.15) is 4.80 Å². The molecule has 0 bridgehead atoms. The third-order valence-electron chi connectivity index (χ3n) is 3.93. The zero-order valence-electron chi connectivity index (χ0n) is 15.0. The number of thioether (sulfide) groups is 1. The van der Waals surface area contributed by atoms with E-state index in [4.69, 9.17) is 0 Å². The number of aromatic nitrogens is 4. The summed E-state index contributed by atoms with van der Waals surface area (Å²) in [5.41, 5.74) is 2.90. The molecule has 2 aromatic carbocycles. The van der Waals surface area contributed by atoms with Crippen LogP contribution in [0, 0.1) is 0 Å². The highest BCUT2D eigenvalue weighted by Crippen LogP contribution is 2.20. The van der Waals surface area contributed by atoms with E-state index in [9.17, 15) is 4.79 Å². The molecule has 0 spiro atoms. The summed E-state index contributed by atoms with van der Waals surface area (Å²) in [6.45, 7) is 4.31. The van der Waals surface area contributed by atoms with E-state index in [-0.39, 0.29) is 12.5 Å². The molecule has 7 heteroatoms. The smallest absolute Gasteiger partial charge is 0.248 e. The number of tetrazole rings is 1. The quantitative estimate of drug-likeness (QED) is 0.671. The van der Waals surface area contributed by atoms with E-state index in [0.29, 0.717) is 11.7 Å². The number of benzene rings is 2. The predicted octanol–water partition coefficient (Wildman–Crippen LogP) is 3.82. The Balaban J connectivity index is 1.65. The molecule has 0 radical (unpaired) electrons. The van der Waals surface area contributed by atoms with Gasteiger partial charge < -0.3 is 5.32 Å². The van der Waals surface area contributed by atoms with E-state index >= 15 is 0 Å². The number of nitrogens with one attached hydrogen (secondary N) is 1. The largest absolute Gasteiger partial charge is 0.324 e. The molecule has 26 heavy (non-hydrogen) atoms. The topological polar surface area (TPSA) is 72.7 Å². The van der Waals surface area contributed by atoms with E-state index < -0.39 is 0 Å². The van der Waals surface area contributed by atoms with Crippen LogP contribution in [0.4, 0.5) is 5.69 Å². The number of carbonyl (C=O) groups excluding carboxylic acids is 1. The SMILES string of the molecule is CSc1cccc(NC(=O)Cn2nnc(-c3ccc(C(C)C)cc3)n2)c1. The Bertz CT molecular complexity index is 889. The van der Waals surface area contributed by atoms with Gasteiger partial charge in [0.15, 0.2) is 0 Å². The molecule has 0 saturated carbocycles. The van der Waals surface area contributed by atoms with E-state index in [0.717, 1.165) is 16.1 Å². The molecular weight excluding hydrogens is 346 g/mol. The van der Waals surface area contributed by atoms with Crippen molar-refractivity contribution in [3.8, 4) is 11.4 Å². The number of rotatable bonds is 6. The lowest BCUT2D eigenvalue weighted by Gasteiger charge is -2.06. The summed E-state index contributed by atoms with van der Waals surface area (Å²) in [6.07, 6.45) is 2.00. The number of amides is 1. The molecule has 0 fully saturated rings. The summed E-state index contributed by atoms with van der Waals surface area (Å²) < 4.78 is 0. The molecule has 0 saturated heterocycles. The molecule has 0 atom stereocenters. The maximum Gasteiger partial charge on any atom is 0.248 e. The minimum atomic E-state index is -0.192. The average Bonchev–Trinajstić information content (AvgIpc) is 3.10. The highest BCUT2D eigenvalue weighted by molar-refractivity contribution is 7.98. The van der Waals surface area contributed by atoms with Crippen LogP contribution in [0.2, 0.25) is 0 Å². The fourth-order valence-corrected chi connectivity index (χ4v) is 2.93. The molecule has 1 aromatic heterocycles. The van der Waals surface area contributed by atoms with E-state index in [2.05, 4.69) is 46.7 Å². The van der Waals surface area contributed by atoms with Crippen molar-refractivity contribution in [2.75, 3.05) is 11.6 Å². The third kappa shape index (κ3) is 4.49. The Morgan fingerprint density at radius 1 is 1.19 bits per heavy atom. The summed E-state index contributed by atoms with van der Waals surface area (Å²) in [5.74, 6) is 0.792. The van der Waals surface area contributed by atoms with Crippen molar-refractivity contribution in [1.82, 2.24) is 20.2 Å². The molecule has 0 unspecified atom stereocenters. The van der Waals surface area contributed by atoms with Gasteiger partial charge in [0.1, 0.15) is 6.54 Å². The molecule has 3 aromatic rings. The maximum absolute atomic E-state index is 12.2. The van der Waals surface area contributed by atoms with Gasteiger partial charge in [-0.15, -0.1) is 22.0 Å². The first-order valence-corrected chi connectivity index (χ1v) is 9.59. The van der Waals surface area contributed by atoms with Gasteiger partial charge in [-0.3, -0.25) is 4.79 Å². The molecule has 3 rings (SSSR count). The zero-order chi connectivity index (χ0) is 18.5. The molecule has 0 aliphatic rings. The molecule has 1 heterocycles. The lowest BCUT2D eigenvalue weighted by atomic mass is 10.0. The van der Waals surface area contributed by atoms with Gasteiger partial charge in [-0.05, 0) is 41.1 Å². The molecule has 1 N–H and O–H groups in total. The highest BCUT2D eigenvalue weighted by Gasteiger charge is 2.10. The first-order valence-electron chi connectivity index (χ1n) is 8.37. The second-order valence-corrected chi connectivity index (χ2v) is 7.08. The van der Waals surface area contributed by atoms with Crippen LogP contribution >= 0.6 is 11.8 Å². The molecule has 0 aliphatic heterocycles. The summed E-state index contributed by atoms with van der Waals surface area (Å²) in [5, 5.41) is 15.2. The minimum absolute atomic E-state index is 0.0145. The Morgan fingerprint density at radius 3 is 2.65 bits per heavy atom. The van der Waals surface area contributed by atoms with Gasteiger partial charge in [0.2, 0.25) is 11.7 Å². The number of anilines is 1. The third-order valence-corrected chi connectivity index (χ3v) is 4.65. The van der Waals surface area contributed by atoms with Gasteiger partial charge in [0, 0.05) is 16.1 Å². The number of hydrogen-bond acceptors (Lipinski definition) is 5. The Kier molecular flexibility index (Phi) is 5.68. The van der Waals surface area contributed by atoms with Crippen molar-refractivity contribution in [2.45, 2.75) is 31.2 Å². The van der Waals surface area contributed by atoms with Gasteiger partial charge >= 0.3 is 0 Å². The fourth-order valence-electron chi connectivity index (χ4n) is 2.47. The lowest BCUT2D eigenvalue weighted by molar-refractivity contribution is -0.117. The second-order valence-electron chi connectivity index (χ2n) is 6.20. The molecule has 6 nitrogen and oxygen atoms in total. The monoisotopic (exact) mass is 367 g/mol. The standard InChI is InChI=1S/C19H21N5OS/c1-13(2)14-7-9-15(10-8-14)19-21-23-24(22-19)12-18(25)20-16-5-4-6-17(11-16)26-3/h4-11,13H,12H2,1-3H3,(H,20,25). The summed E-state index contributed by atoms with van der Waals surface area (Å²) >= 11 is 1.63.